The highest BCUT2D eigenvalue weighted by atomic mass is 16.5. The molecule has 1 aliphatic carbocycles. The van der Waals surface area contributed by atoms with Crippen LogP contribution in [0.1, 0.15) is 57.6 Å². The minimum atomic E-state index is -0.0814. The van der Waals surface area contributed by atoms with Crippen molar-refractivity contribution in [3.8, 4) is 11.3 Å². The number of ketones is 1. The second-order valence-electron chi connectivity index (χ2n) is 10.2. The zero-order valence-corrected chi connectivity index (χ0v) is 19.1. The molecule has 2 heterocycles. The lowest BCUT2D eigenvalue weighted by molar-refractivity contribution is -0.117. The van der Waals surface area contributed by atoms with Crippen molar-refractivity contribution >= 4 is 17.3 Å². The number of nitrogen functional groups attached to an aromatic ring is 1. The standard InChI is InChI=1S/C25H29N5O2/c1-24(2,3)15-20-14-18(29-32-20)13-19(31)12-16-6-8-17(9-7-16)21-22(27-5)23(26)30(28-21)25(4)10-11-25/h6-9,14H,10-13,15,26H2,1-4H3. The van der Waals surface area contributed by atoms with Crippen LogP contribution in [-0.4, -0.2) is 20.7 Å². The second-order valence-corrected chi connectivity index (χ2v) is 10.2. The summed E-state index contributed by atoms with van der Waals surface area (Å²) in [5.74, 6) is 1.30. The Morgan fingerprint density at radius 2 is 1.94 bits per heavy atom. The summed E-state index contributed by atoms with van der Waals surface area (Å²) in [6.45, 7) is 16.0. The summed E-state index contributed by atoms with van der Waals surface area (Å²) < 4.78 is 7.16. The lowest BCUT2D eigenvalue weighted by Crippen LogP contribution is -2.16. The number of carbonyl (C=O) groups is 1. The molecule has 1 aromatic carbocycles. The monoisotopic (exact) mass is 431 g/mol. The Hall–Kier alpha value is -3.40. The van der Waals surface area contributed by atoms with Crippen LogP contribution in [-0.2, 0) is 29.6 Å². The fraction of sp³-hybridized carbons (Fsp3) is 0.440. The summed E-state index contributed by atoms with van der Waals surface area (Å²) in [5, 5.41) is 8.69. The van der Waals surface area contributed by atoms with E-state index < -0.39 is 0 Å². The maximum atomic E-state index is 12.5. The van der Waals surface area contributed by atoms with E-state index in [4.69, 9.17) is 16.8 Å². The van der Waals surface area contributed by atoms with Gasteiger partial charge >= 0.3 is 0 Å². The maximum absolute atomic E-state index is 12.5. The highest BCUT2D eigenvalue weighted by Gasteiger charge is 2.42. The molecule has 166 valence electrons. The number of nitrogens with two attached hydrogens (primary N) is 1. The van der Waals surface area contributed by atoms with E-state index in [1.165, 1.54) is 0 Å². The number of rotatable bonds is 7. The van der Waals surface area contributed by atoms with Crippen LogP contribution in [0.4, 0.5) is 11.5 Å². The van der Waals surface area contributed by atoms with Gasteiger partial charge in [0, 0.05) is 18.9 Å². The lowest BCUT2D eigenvalue weighted by Gasteiger charge is -2.14. The molecule has 0 unspecified atom stereocenters. The molecule has 32 heavy (non-hydrogen) atoms. The number of hydrogen-bond donors (Lipinski definition) is 1. The number of benzene rings is 1. The van der Waals surface area contributed by atoms with Gasteiger partial charge in [0.25, 0.3) is 5.69 Å². The third-order valence-electron chi connectivity index (χ3n) is 5.81. The zero-order valence-electron chi connectivity index (χ0n) is 19.1. The number of hydrogen-bond acceptors (Lipinski definition) is 5. The van der Waals surface area contributed by atoms with Gasteiger partial charge in [0.2, 0.25) is 0 Å². The quantitative estimate of drug-likeness (QED) is 0.524. The first kappa shape index (κ1) is 21.8. The first-order valence-corrected chi connectivity index (χ1v) is 10.9. The van der Waals surface area contributed by atoms with Crippen LogP contribution in [0.5, 0.6) is 0 Å². The Morgan fingerprint density at radius 3 is 2.53 bits per heavy atom. The average Bonchev–Trinajstić information content (AvgIpc) is 3.15. The smallest absolute Gasteiger partial charge is 0.254 e. The van der Waals surface area contributed by atoms with E-state index >= 15 is 0 Å². The van der Waals surface area contributed by atoms with Crippen molar-refractivity contribution in [2.75, 3.05) is 5.73 Å². The first-order chi connectivity index (χ1) is 15.1. The fourth-order valence-corrected chi connectivity index (χ4v) is 3.85. The van der Waals surface area contributed by atoms with Gasteiger partial charge < -0.3 is 10.3 Å². The van der Waals surface area contributed by atoms with E-state index in [1.54, 1.807) is 4.68 Å². The number of aromatic nitrogens is 3. The van der Waals surface area contributed by atoms with Crippen molar-refractivity contribution in [3.63, 3.8) is 0 Å². The third-order valence-corrected chi connectivity index (χ3v) is 5.81. The van der Waals surface area contributed by atoms with Crippen molar-refractivity contribution < 1.29 is 9.32 Å². The molecule has 1 aliphatic rings. The molecule has 0 saturated heterocycles. The van der Waals surface area contributed by atoms with Crippen LogP contribution in [0.2, 0.25) is 0 Å². The molecule has 4 rings (SSSR count). The summed E-state index contributed by atoms with van der Waals surface area (Å²) in [4.78, 5) is 16.2. The van der Waals surface area contributed by atoms with E-state index in [1.807, 2.05) is 30.3 Å². The summed E-state index contributed by atoms with van der Waals surface area (Å²) >= 11 is 0. The van der Waals surface area contributed by atoms with Gasteiger partial charge in [-0.05, 0) is 36.3 Å². The predicted octanol–water partition coefficient (Wildman–Crippen LogP) is 5.12. The topological polar surface area (TPSA) is 91.3 Å². The highest BCUT2D eigenvalue weighted by molar-refractivity contribution is 5.85. The normalized spacial score (nSPS) is 14.8. The maximum Gasteiger partial charge on any atom is 0.254 e. The molecule has 1 saturated carbocycles. The number of nitrogens with zero attached hydrogens (tertiary/aromatic N) is 4. The van der Waals surface area contributed by atoms with Crippen LogP contribution < -0.4 is 5.73 Å². The van der Waals surface area contributed by atoms with Crippen molar-refractivity contribution in [2.45, 2.75) is 65.3 Å². The predicted molar refractivity (Wildman–Crippen MR) is 123 cm³/mol. The molecule has 0 atom stereocenters. The van der Waals surface area contributed by atoms with Crippen molar-refractivity contribution in [3.05, 3.63) is 58.8 Å². The summed E-state index contributed by atoms with van der Waals surface area (Å²) in [6, 6.07) is 9.48. The van der Waals surface area contributed by atoms with Crippen molar-refractivity contribution in [2.24, 2.45) is 5.41 Å². The molecule has 0 spiro atoms. The minimum absolute atomic E-state index is 0.0744. The van der Waals surface area contributed by atoms with E-state index in [0.29, 0.717) is 29.3 Å². The van der Waals surface area contributed by atoms with Crippen molar-refractivity contribution in [1.82, 2.24) is 14.9 Å². The number of carbonyl (C=O) groups excluding carboxylic acids is 1. The Kier molecular flexibility index (Phi) is 5.41. The van der Waals surface area contributed by atoms with Crippen LogP contribution >= 0.6 is 0 Å². The second kappa shape index (κ2) is 7.94. The number of Topliss-reactive ketones (excluding diaryl/α,β-unsaturated/α-hetero) is 1. The third kappa shape index (κ3) is 4.59. The molecule has 1 fully saturated rings. The Morgan fingerprint density at radius 1 is 1.25 bits per heavy atom. The van der Waals surface area contributed by atoms with E-state index in [9.17, 15) is 4.79 Å². The zero-order chi connectivity index (χ0) is 23.1. The summed E-state index contributed by atoms with van der Waals surface area (Å²) in [6.07, 6.45) is 3.37. The van der Waals surface area contributed by atoms with E-state index in [0.717, 1.165) is 36.1 Å². The molecular formula is C25H29N5O2. The Bertz CT molecular complexity index is 1180. The molecule has 3 aromatic rings. The first-order valence-electron chi connectivity index (χ1n) is 10.9. The van der Waals surface area contributed by atoms with Gasteiger partial charge in [-0.15, -0.1) is 0 Å². The minimum Gasteiger partial charge on any atom is -0.393 e. The molecule has 7 nitrogen and oxygen atoms in total. The van der Waals surface area contributed by atoms with Crippen molar-refractivity contribution in [1.29, 1.82) is 0 Å². The fourth-order valence-electron chi connectivity index (χ4n) is 3.85. The summed E-state index contributed by atoms with van der Waals surface area (Å²) in [5.41, 5.74) is 9.61. The lowest BCUT2D eigenvalue weighted by atomic mass is 9.91. The van der Waals surface area contributed by atoms with Gasteiger partial charge in [0.15, 0.2) is 0 Å². The van der Waals surface area contributed by atoms with Crippen LogP contribution in [0, 0.1) is 12.0 Å². The van der Waals surface area contributed by atoms with Gasteiger partial charge in [-0.25, -0.2) is 4.85 Å². The van der Waals surface area contributed by atoms with Gasteiger partial charge in [0.05, 0.1) is 24.2 Å². The van der Waals surface area contributed by atoms with Crippen LogP contribution in [0.15, 0.2) is 34.9 Å². The molecule has 0 bridgehead atoms. The highest BCUT2D eigenvalue weighted by Crippen LogP contribution is 2.47. The van der Waals surface area contributed by atoms with Gasteiger partial charge in [-0.1, -0.05) is 50.2 Å². The average molecular weight is 432 g/mol. The number of anilines is 1. The summed E-state index contributed by atoms with van der Waals surface area (Å²) in [7, 11) is 0. The molecule has 0 amide bonds. The molecular weight excluding hydrogens is 402 g/mol. The molecule has 7 heteroatoms. The van der Waals surface area contributed by atoms with Crippen LogP contribution in [0.3, 0.4) is 0 Å². The Balaban J connectivity index is 1.44. The van der Waals surface area contributed by atoms with E-state index in [2.05, 4.69) is 42.8 Å². The van der Waals surface area contributed by atoms with Gasteiger partial charge in [-0.3, -0.25) is 9.48 Å². The molecule has 2 aromatic heterocycles. The Labute approximate surface area is 188 Å². The van der Waals surface area contributed by atoms with Crippen LogP contribution in [0.25, 0.3) is 16.1 Å². The SMILES string of the molecule is [C-]#[N+]c1c(-c2ccc(CC(=O)Cc3cc(CC(C)(C)C)on3)cc2)nn(C2(C)CC2)c1N. The molecule has 0 aliphatic heterocycles. The van der Waals surface area contributed by atoms with Gasteiger partial charge in [0.1, 0.15) is 23.1 Å². The molecule has 0 radical (unpaired) electrons. The van der Waals surface area contributed by atoms with E-state index in [-0.39, 0.29) is 23.2 Å². The van der Waals surface area contributed by atoms with Gasteiger partial charge in [-0.2, -0.15) is 5.10 Å². The molecule has 2 N–H and O–H groups in total. The largest absolute Gasteiger partial charge is 0.393 e.